The number of carbonyl (C=O) groups excluding carboxylic acids is 1. The summed E-state index contributed by atoms with van der Waals surface area (Å²) >= 11 is 5.77. The van der Waals surface area contributed by atoms with Gasteiger partial charge in [-0.1, -0.05) is 11.6 Å². The van der Waals surface area contributed by atoms with E-state index in [9.17, 15) is 18.0 Å². The number of hydrogen-bond acceptors (Lipinski definition) is 2. The first kappa shape index (κ1) is 17.0. The predicted molar refractivity (Wildman–Crippen MR) is 88.0 cm³/mol. The lowest BCUT2D eigenvalue weighted by molar-refractivity contribution is -0.137. The Kier molecular flexibility index (Phi) is 4.50. The Balaban J connectivity index is 2.00. The average molecular weight is 366 g/mol. The molecule has 0 spiro atoms. The van der Waals surface area contributed by atoms with Gasteiger partial charge in [-0.05, 0) is 42.5 Å². The molecule has 0 aliphatic rings. The number of nitrogens with zero attached hydrogens (tertiary/aromatic N) is 2. The quantitative estimate of drug-likeness (QED) is 0.725. The Bertz CT molecular complexity index is 891. The second-order valence-electron chi connectivity index (χ2n) is 5.16. The zero-order valence-corrected chi connectivity index (χ0v) is 13.3. The summed E-state index contributed by atoms with van der Waals surface area (Å²) in [6.45, 7) is 0. The van der Waals surface area contributed by atoms with E-state index in [0.717, 1.165) is 12.1 Å². The van der Waals surface area contributed by atoms with Gasteiger partial charge in [-0.25, -0.2) is 4.98 Å². The van der Waals surface area contributed by atoms with Crippen molar-refractivity contribution < 1.29 is 18.0 Å². The maximum atomic E-state index is 13.0. The van der Waals surface area contributed by atoms with Crippen LogP contribution in [-0.4, -0.2) is 15.5 Å². The summed E-state index contributed by atoms with van der Waals surface area (Å²) in [6, 6.07) is 9.15. The Morgan fingerprint density at radius 1 is 1.12 bits per heavy atom. The van der Waals surface area contributed by atoms with Crippen LogP contribution >= 0.6 is 11.6 Å². The summed E-state index contributed by atoms with van der Waals surface area (Å²) in [5.74, 6) is -0.544. The van der Waals surface area contributed by atoms with Crippen molar-refractivity contribution in [2.45, 2.75) is 6.18 Å². The molecule has 3 aromatic rings. The zero-order valence-electron chi connectivity index (χ0n) is 12.6. The lowest BCUT2D eigenvalue weighted by atomic mass is 10.1. The third-order valence-electron chi connectivity index (χ3n) is 3.46. The third kappa shape index (κ3) is 3.83. The van der Waals surface area contributed by atoms with E-state index in [2.05, 4.69) is 10.3 Å². The van der Waals surface area contributed by atoms with Crippen LogP contribution in [0.3, 0.4) is 0 Å². The number of amides is 1. The minimum Gasteiger partial charge on any atom is -0.320 e. The minimum atomic E-state index is -4.52. The molecule has 0 aliphatic carbocycles. The molecule has 0 unspecified atom stereocenters. The van der Waals surface area contributed by atoms with Crippen molar-refractivity contribution in [3.8, 4) is 5.69 Å². The fourth-order valence-corrected chi connectivity index (χ4v) is 2.36. The SMILES string of the molecule is O=C(Nc1cc(C(F)(F)F)ccc1-n1ccnc1)c1ccc(Cl)cc1. The molecular formula is C17H11ClF3N3O. The fourth-order valence-electron chi connectivity index (χ4n) is 2.24. The van der Waals surface area contributed by atoms with Crippen LogP contribution in [0.2, 0.25) is 5.02 Å². The molecule has 4 nitrogen and oxygen atoms in total. The monoisotopic (exact) mass is 365 g/mol. The second kappa shape index (κ2) is 6.60. The third-order valence-corrected chi connectivity index (χ3v) is 3.71. The van der Waals surface area contributed by atoms with Crippen molar-refractivity contribution in [1.82, 2.24) is 9.55 Å². The van der Waals surface area contributed by atoms with Gasteiger partial charge >= 0.3 is 6.18 Å². The first-order chi connectivity index (χ1) is 11.8. The minimum absolute atomic E-state index is 0.0211. The van der Waals surface area contributed by atoms with Crippen molar-refractivity contribution in [2.24, 2.45) is 0 Å². The number of imidazole rings is 1. The van der Waals surface area contributed by atoms with Crippen molar-refractivity contribution in [1.29, 1.82) is 0 Å². The second-order valence-corrected chi connectivity index (χ2v) is 5.60. The topological polar surface area (TPSA) is 46.9 Å². The molecule has 0 atom stereocenters. The number of hydrogen-bond donors (Lipinski definition) is 1. The van der Waals surface area contributed by atoms with Gasteiger partial charge in [0.1, 0.15) is 0 Å². The van der Waals surface area contributed by atoms with E-state index in [1.165, 1.54) is 47.4 Å². The summed E-state index contributed by atoms with van der Waals surface area (Å²) in [4.78, 5) is 16.2. The molecule has 0 bridgehead atoms. The van der Waals surface area contributed by atoms with E-state index in [0.29, 0.717) is 10.7 Å². The summed E-state index contributed by atoms with van der Waals surface area (Å²) in [5.41, 5.74) is -0.193. The van der Waals surface area contributed by atoms with Gasteiger partial charge in [-0.15, -0.1) is 0 Å². The van der Waals surface area contributed by atoms with E-state index < -0.39 is 17.6 Å². The van der Waals surface area contributed by atoms with Crippen LogP contribution < -0.4 is 5.32 Å². The van der Waals surface area contributed by atoms with Crippen molar-refractivity contribution in [3.05, 3.63) is 77.3 Å². The Morgan fingerprint density at radius 3 is 2.44 bits per heavy atom. The number of aromatic nitrogens is 2. The molecule has 8 heteroatoms. The first-order valence-electron chi connectivity index (χ1n) is 7.11. The molecule has 0 saturated carbocycles. The standard InChI is InChI=1S/C17H11ClF3N3O/c18-13-4-1-11(2-5-13)16(25)23-14-9-12(17(19,20)21)3-6-15(14)24-8-7-22-10-24/h1-10H,(H,23,25). The normalized spacial score (nSPS) is 11.4. The van der Waals surface area contributed by atoms with E-state index in [1.807, 2.05) is 0 Å². The van der Waals surface area contributed by atoms with Gasteiger partial charge in [-0.2, -0.15) is 13.2 Å². The number of carbonyl (C=O) groups is 1. The summed E-state index contributed by atoms with van der Waals surface area (Å²) < 4.78 is 40.5. The number of alkyl halides is 3. The molecule has 1 aromatic heterocycles. The van der Waals surface area contributed by atoms with Gasteiger partial charge in [0.2, 0.25) is 0 Å². The maximum Gasteiger partial charge on any atom is 0.416 e. The largest absolute Gasteiger partial charge is 0.416 e. The molecule has 1 N–H and O–H groups in total. The Hall–Kier alpha value is -2.80. The zero-order chi connectivity index (χ0) is 18.0. The highest BCUT2D eigenvalue weighted by Gasteiger charge is 2.31. The van der Waals surface area contributed by atoms with Gasteiger partial charge in [-0.3, -0.25) is 4.79 Å². The molecule has 2 aromatic carbocycles. The van der Waals surface area contributed by atoms with Gasteiger partial charge in [0, 0.05) is 23.0 Å². The molecular weight excluding hydrogens is 355 g/mol. The van der Waals surface area contributed by atoms with Crippen LogP contribution in [0, 0.1) is 0 Å². The van der Waals surface area contributed by atoms with Gasteiger partial charge < -0.3 is 9.88 Å². The van der Waals surface area contributed by atoms with Crippen LogP contribution in [0.5, 0.6) is 0 Å². The number of rotatable bonds is 3. The number of halogens is 4. The highest BCUT2D eigenvalue weighted by atomic mass is 35.5. The van der Waals surface area contributed by atoms with Gasteiger partial charge in [0.05, 0.1) is 23.3 Å². The molecule has 128 valence electrons. The van der Waals surface area contributed by atoms with Gasteiger partial charge in [0.15, 0.2) is 0 Å². The van der Waals surface area contributed by atoms with E-state index in [4.69, 9.17) is 11.6 Å². The molecule has 0 fully saturated rings. The number of nitrogens with one attached hydrogen (secondary N) is 1. The lowest BCUT2D eigenvalue weighted by Crippen LogP contribution is -2.15. The number of anilines is 1. The summed E-state index contributed by atoms with van der Waals surface area (Å²) in [6.07, 6.45) is -0.0310. The van der Waals surface area contributed by atoms with Crippen LogP contribution in [0.4, 0.5) is 18.9 Å². The van der Waals surface area contributed by atoms with Crippen LogP contribution in [-0.2, 0) is 6.18 Å². The molecule has 1 amide bonds. The van der Waals surface area contributed by atoms with Crippen LogP contribution in [0.15, 0.2) is 61.2 Å². The highest BCUT2D eigenvalue weighted by Crippen LogP contribution is 2.33. The molecule has 25 heavy (non-hydrogen) atoms. The smallest absolute Gasteiger partial charge is 0.320 e. The molecule has 0 aliphatic heterocycles. The van der Waals surface area contributed by atoms with Crippen molar-refractivity contribution in [3.63, 3.8) is 0 Å². The van der Waals surface area contributed by atoms with E-state index in [1.54, 1.807) is 6.20 Å². The molecule has 3 rings (SSSR count). The average Bonchev–Trinajstić information content (AvgIpc) is 3.08. The molecule has 0 saturated heterocycles. The van der Waals surface area contributed by atoms with Crippen molar-refractivity contribution in [2.75, 3.05) is 5.32 Å². The Labute approximate surface area is 145 Å². The van der Waals surface area contributed by atoms with Gasteiger partial charge in [0.25, 0.3) is 5.91 Å². The summed E-state index contributed by atoms with van der Waals surface area (Å²) in [5, 5.41) is 2.97. The predicted octanol–water partition coefficient (Wildman–Crippen LogP) is 4.80. The highest BCUT2D eigenvalue weighted by molar-refractivity contribution is 6.30. The van der Waals surface area contributed by atoms with E-state index >= 15 is 0 Å². The van der Waals surface area contributed by atoms with Crippen molar-refractivity contribution >= 4 is 23.2 Å². The fraction of sp³-hybridized carbons (Fsp3) is 0.0588. The first-order valence-corrected chi connectivity index (χ1v) is 7.49. The summed E-state index contributed by atoms with van der Waals surface area (Å²) in [7, 11) is 0. The van der Waals surface area contributed by atoms with Crippen LogP contribution in [0.1, 0.15) is 15.9 Å². The van der Waals surface area contributed by atoms with Crippen LogP contribution in [0.25, 0.3) is 5.69 Å². The number of benzene rings is 2. The maximum absolute atomic E-state index is 13.0. The molecule has 0 radical (unpaired) electrons. The molecule has 1 heterocycles. The Morgan fingerprint density at radius 2 is 1.84 bits per heavy atom. The lowest BCUT2D eigenvalue weighted by Gasteiger charge is -2.15. The van der Waals surface area contributed by atoms with E-state index in [-0.39, 0.29) is 11.3 Å².